The first kappa shape index (κ1) is 21.6. The van der Waals surface area contributed by atoms with Gasteiger partial charge in [0.25, 0.3) is 0 Å². The van der Waals surface area contributed by atoms with Crippen LogP contribution in [0.2, 0.25) is 5.15 Å². The number of nitrogens with one attached hydrogen (secondary N) is 1. The average Bonchev–Trinajstić information content (AvgIpc) is 2.56. The summed E-state index contributed by atoms with van der Waals surface area (Å²) in [6.45, 7) is 4.15. The molecule has 1 N–H and O–H groups in total. The molecule has 0 spiro atoms. The second-order valence-corrected chi connectivity index (χ2v) is 7.15. The van der Waals surface area contributed by atoms with Crippen LogP contribution in [0.25, 0.3) is 0 Å². The van der Waals surface area contributed by atoms with Gasteiger partial charge in [-0.1, -0.05) is 17.7 Å². The van der Waals surface area contributed by atoms with Crippen molar-refractivity contribution in [1.82, 2.24) is 15.2 Å². The fourth-order valence-electron chi connectivity index (χ4n) is 2.85. The zero-order chi connectivity index (χ0) is 15.4. The Balaban J connectivity index is 0.00000144. The van der Waals surface area contributed by atoms with Crippen molar-refractivity contribution in [2.24, 2.45) is 0 Å². The van der Waals surface area contributed by atoms with Crippen LogP contribution in [0.3, 0.4) is 0 Å². The summed E-state index contributed by atoms with van der Waals surface area (Å²) in [7, 11) is 0. The van der Waals surface area contributed by atoms with Gasteiger partial charge in [-0.25, -0.2) is 4.98 Å². The van der Waals surface area contributed by atoms with Crippen LogP contribution < -0.4 is 10.2 Å². The Morgan fingerprint density at radius 1 is 1.29 bits per heavy atom. The molecule has 2 fully saturated rings. The van der Waals surface area contributed by atoms with Crippen molar-refractivity contribution in [1.29, 1.82) is 0 Å². The normalized spacial score (nSPS) is 20.8. The minimum atomic E-state index is 0. The van der Waals surface area contributed by atoms with Gasteiger partial charge in [-0.15, -0.1) is 24.8 Å². The van der Waals surface area contributed by atoms with Crippen LogP contribution in [0.4, 0.5) is 5.82 Å². The van der Waals surface area contributed by atoms with E-state index in [2.05, 4.69) is 15.2 Å². The molecule has 0 aromatic carbocycles. The first-order valence-electron chi connectivity index (χ1n) is 7.69. The fraction of sp³-hybridized carbons (Fsp3) is 0.600. The van der Waals surface area contributed by atoms with E-state index in [0.29, 0.717) is 17.6 Å². The molecule has 1 unspecified atom stereocenters. The van der Waals surface area contributed by atoms with Crippen LogP contribution in [-0.2, 0) is 4.79 Å². The molecule has 0 radical (unpaired) electrons. The summed E-state index contributed by atoms with van der Waals surface area (Å²) in [5, 5.41) is 3.94. The number of hydrogen-bond acceptors (Lipinski definition) is 5. The van der Waals surface area contributed by atoms with E-state index in [1.54, 1.807) is 6.07 Å². The molecule has 1 atom stereocenters. The van der Waals surface area contributed by atoms with E-state index >= 15 is 0 Å². The van der Waals surface area contributed by atoms with Gasteiger partial charge in [0.05, 0.1) is 0 Å². The largest absolute Gasteiger partial charge is 0.353 e. The molecule has 3 heterocycles. The number of anilines is 1. The highest BCUT2D eigenvalue weighted by Gasteiger charge is 2.24. The third-order valence-corrected chi connectivity index (χ3v) is 5.42. The molecule has 1 amide bonds. The SMILES string of the molecule is Cl.Cl.O=C(CC1CSCCN1)N1CCN(c2cccc(Cl)n2)CC1. The molecule has 0 bridgehead atoms. The van der Waals surface area contributed by atoms with Gasteiger partial charge in [-0.3, -0.25) is 4.79 Å². The first-order valence-corrected chi connectivity index (χ1v) is 9.22. The van der Waals surface area contributed by atoms with E-state index < -0.39 is 0 Å². The third kappa shape index (κ3) is 5.85. The molecule has 0 saturated carbocycles. The molecule has 3 rings (SSSR count). The molecule has 24 heavy (non-hydrogen) atoms. The highest BCUT2D eigenvalue weighted by molar-refractivity contribution is 7.99. The Bertz CT molecular complexity index is 523. The van der Waals surface area contributed by atoms with Crippen molar-refractivity contribution >= 4 is 59.9 Å². The van der Waals surface area contributed by atoms with E-state index in [-0.39, 0.29) is 30.7 Å². The number of pyridine rings is 1. The van der Waals surface area contributed by atoms with E-state index in [1.165, 1.54) is 0 Å². The number of thioether (sulfide) groups is 1. The number of rotatable bonds is 3. The third-order valence-electron chi connectivity index (χ3n) is 4.08. The van der Waals surface area contributed by atoms with Gasteiger partial charge in [-0.05, 0) is 12.1 Å². The minimum absolute atomic E-state index is 0. The van der Waals surface area contributed by atoms with Gasteiger partial charge in [0.2, 0.25) is 5.91 Å². The van der Waals surface area contributed by atoms with Crippen LogP contribution in [0.5, 0.6) is 0 Å². The molecule has 1 aromatic rings. The van der Waals surface area contributed by atoms with Crippen LogP contribution in [-0.4, -0.2) is 66.1 Å². The van der Waals surface area contributed by atoms with Gasteiger partial charge < -0.3 is 15.1 Å². The zero-order valence-electron chi connectivity index (χ0n) is 13.3. The minimum Gasteiger partial charge on any atom is -0.353 e. The van der Waals surface area contributed by atoms with E-state index in [0.717, 1.165) is 50.0 Å². The average molecular weight is 414 g/mol. The summed E-state index contributed by atoms with van der Waals surface area (Å²) in [5.41, 5.74) is 0. The maximum absolute atomic E-state index is 12.4. The van der Waals surface area contributed by atoms with Gasteiger partial charge in [0, 0.05) is 56.7 Å². The summed E-state index contributed by atoms with van der Waals surface area (Å²) >= 11 is 7.87. The van der Waals surface area contributed by atoms with Gasteiger partial charge >= 0.3 is 0 Å². The quantitative estimate of drug-likeness (QED) is 0.771. The summed E-state index contributed by atoms with van der Waals surface area (Å²) in [5.74, 6) is 3.34. The smallest absolute Gasteiger partial charge is 0.224 e. The lowest BCUT2D eigenvalue weighted by molar-refractivity contribution is -0.131. The number of carbonyl (C=O) groups is 1. The summed E-state index contributed by atoms with van der Waals surface area (Å²) in [6, 6.07) is 5.99. The van der Waals surface area contributed by atoms with E-state index in [4.69, 9.17) is 11.6 Å². The Hall–Kier alpha value is -0.400. The maximum Gasteiger partial charge on any atom is 0.224 e. The molecule has 2 saturated heterocycles. The predicted octanol–water partition coefficient (Wildman–Crippen LogP) is 2.32. The maximum atomic E-state index is 12.4. The second-order valence-electron chi connectivity index (χ2n) is 5.62. The molecule has 5 nitrogen and oxygen atoms in total. The Morgan fingerprint density at radius 3 is 2.67 bits per heavy atom. The van der Waals surface area contributed by atoms with Crippen molar-refractivity contribution in [2.45, 2.75) is 12.5 Å². The number of nitrogens with zero attached hydrogens (tertiary/aromatic N) is 3. The Labute approximate surface area is 164 Å². The molecule has 1 aromatic heterocycles. The van der Waals surface area contributed by atoms with Gasteiger partial charge in [-0.2, -0.15) is 11.8 Å². The van der Waals surface area contributed by atoms with Crippen molar-refractivity contribution < 1.29 is 4.79 Å². The van der Waals surface area contributed by atoms with Crippen LogP contribution in [0, 0.1) is 0 Å². The number of carbonyl (C=O) groups excluding carboxylic acids is 1. The number of halogens is 3. The Morgan fingerprint density at radius 2 is 2.04 bits per heavy atom. The predicted molar refractivity (Wildman–Crippen MR) is 106 cm³/mol. The first-order chi connectivity index (χ1) is 10.7. The summed E-state index contributed by atoms with van der Waals surface area (Å²) in [4.78, 5) is 20.9. The number of aromatic nitrogens is 1. The molecular weight excluding hydrogens is 391 g/mol. The van der Waals surface area contributed by atoms with E-state index in [1.807, 2.05) is 28.8 Å². The topological polar surface area (TPSA) is 48.5 Å². The lowest BCUT2D eigenvalue weighted by atomic mass is 10.2. The highest BCUT2D eigenvalue weighted by Crippen LogP contribution is 2.17. The fourth-order valence-corrected chi connectivity index (χ4v) is 3.96. The lowest BCUT2D eigenvalue weighted by Crippen LogP contribution is -2.51. The number of piperazine rings is 1. The summed E-state index contributed by atoms with van der Waals surface area (Å²) in [6.07, 6.45) is 0.614. The van der Waals surface area contributed by atoms with Crippen molar-refractivity contribution in [3.8, 4) is 0 Å². The van der Waals surface area contributed by atoms with Gasteiger partial charge in [0.15, 0.2) is 0 Å². The zero-order valence-corrected chi connectivity index (χ0v) is 16.5. The standard InChI is InChI=1S/C15H21ClN4OS.2ClH/c16-13-2-1-3-14(18-13)19-5-7-20(8-6-19)15(21)10-12-11-22-9-4-17-12;;/h1-3,12,17H,4-11H2;2*1H. The summed E-state index contributed by atoms with van der Waals surface area (Å²) < 4.78 is 0. The molecule has 2 aliphatic heterocycles. The molecule has 136 valence electrons. The van der Waals surface area contributed by atoms with Crippen molar-refractivity contribution in [3.05, 3.63) is 23.4 Å². The van der Waals surface area contributed by atoms with E-state index in [9.17, 15) is 4.79 Å². The second kappa shape index (κ2) is 10.6. The lowest BCUT2D eigenvalue weighted by Gasteiger charge is -2.36. The highest BCUT2D eigenvalue weighted by atomic mass is 35.5. The number of amides is 1. The molecule has 2 aliphatic rings. The van der Waals surface area contributed by atoms with Crippen molar-refractivity contribution in [3.63, 3.8) is 0 Å². The van der Waals surface area contributed by atoms with Crippen LogP contribution >= 0.6 is 48.2 Å². The molecule has 9 heteroatoms. The monoisotopic (exact) mass is 412 g/mol. The molecule has 0 aliphatic carbocycles. The van der Waals surface area contributed by atoms with Crippen LogP contribution in [0.1, 0.15) is 6.42 Å². The van der Waals surface area contributed by atoms with Crippen molar-refractivity contribution in [2.75, 3.05) is 49.1 Å². The molecular formula is C15H23Cl3N4OS. The Kier molecular flexibility index (Phi) is 9.52. The van der Waals surface area contributed by atoms with Gasteiger partial charge in [0.1, 0.15) is 11.0 Å². The number of hydrogen-bond donors (Lipinski definition) is 1. The van der Waals surface area contributed by atoms with Crippen LogP contribution in [0.15, 0.2) is 18.2 Å².